The largest absolute Gasteiger partial charge is 0.348 e. The van der Waals surface area contributed by atoms with E-state index < -0.39 is 10.0 Å². The van der Waals surface area contributed by atoms with E-state index in [0.717, 1.165) is 16.7 Å². The van der Waals surface area contributed by atoms with E-state index >= 15 is 0 Å². The minimum Gasteiger partial charge on any atom is -0.348 e. The number of carbonyl (C=O) groups excluding carboxylic acids is 1. The Hall–Kier alpha value is -2.96. The molecule has 0 aromatic heterocycles. The Labute approximate surface area is 159 Å². The van der Waals surface area contributed by atoms with Crippen LogP contribution < -0.4 is 10.0 Å². The minimum absolute atomic E-state index is 0.179. The first-order chi connectivity index (χ1) is 13.0. The molecule has 0 heterocycles. The molecule has 0 fully saturated rings. The molecule has 3 aromatic rings. The third kappa shape index (κ3) is 4.61. The predicted molar refractivity (Wildman–Crippen MR) is 106 cm³/mol. The summed E-state index contributed by atoms with van der Waals surface area (Å²) in [6.45, 7) is 0.319. The van der Waals surface area contributed by atoms with Gasteiger partial charge in [-0.3, -0.25) is 4.79 Å². The summed E-state index contributed by atoms with van der Waals surface area (Å²) in [4.78, 5) is 12.5. The highest BCUT2D eigenvalue weighted by Crippen LogP contribution is 2.19. The molecule has 0 aliphatic heterocycles. The molecule has 138 valence electrons. The zero-order valence-corrected chi connectivity index (χ0v) is 15.7. The van der Waals surface area contributed by atoms with Crippen molar-refractivity contribution in [3.8, 4) is 11.1 Å². The van der Waals surface area contributed by atoms with Gasteiger partial charge in [-0.15, -0.1) is 0 Å². The number of sulfonamides is 1. The third-order valence-electron chi connectivity index (χ3n) is 4.21. The first kappa shape index (κ1) is 18.8. The van der Waals surface area contributed by atoms with E-state index in [0.29, 0.717) is 12.1 Å². The van der Waals surface area contributed by atoms with Crippen LogP contribution in [-0.2, 0) is 16.6 Å². The monoisotopic (exact) mass is 380 g/mol. The standard InChI is InChI=1S/C21H20N2O3S/c1-22-27(25,26)20-13-7-16(8-14-20)15-23-21(24)19-11-9-18(10-12-19)17-5-3-2-4-6-17/h2-14,22H,15H2,1H3,(H,23,24). The molecule has 0 unspecified atom stereocenters. The lowest BCUT2D eigenvalue weighted by molar-refractivity contribution is 0.0951. The van der Waals surface area contributed by atoms with Gasteiger partial charge < -0.3 is 5.32 Å². The molecule has 6 heteroatoms. The van der Waals surface area contributed by atoms with Gasteiger partial charge in [0.25, 0.3) is 5.91 Å². The summed E-state index contributed by atoms with van der Waals surface area (Å²) >= 11 is 0. The summed E-state index contributed by atoms with van der Waals surface area (Å²) in [6.07, 6.45) is 0. The normalized spacial score (nSPS) is 11.1. The predicted octanol–water partition coefficient (Wildman–Crippen LogP) is 3.19. The number of amides is 1. The summed E-state index contributed by atoms with van der Waals surface area (Å²) < 4.78 is 25.7. The fourth-order valence-corrected chi connectivity index (χ4v) is 3.36. The Morgan fingerprint density at radius 1 is 0.815 bits per heavy atom. The summed E-state index contributed by atoms with van der Waals surface area (Å²) in [5, 5.41) is 2.84. The lowest BCUT2D eigenvalue weighted by Crippen LogP contribution is -2.23. The van der Waals surface area contributed by atoms with Crippen molar-refractivity contribution in [1.82, 2.24) is 10.0 Å². The average molecular weight is 380 g/mol. The maximum absolute atomic E-state index is 12.3. The van der Waals surface area contributed by atoms with Crippen molar-refractivity contribution in [2.24, 2.45) is 0 Å². The maximum Gasteiger partial charge on any atom is 0.251 e. The van der Waals surface area contributed by atoms with Crippen LogP contribution in [0, 0.1) is 0 Å². The van der Waals surface area contributed by atoms with E-state index in [2.05, 4.69) is 10.0 Å². The van der Waals surface area contributed by atoms with E-state index in [1.165, 1.54) is 19.2 Å². The number of carbonyl (C=O) groups is 1. The van der Waals surface area contributed by atoms with Gasteiger partial charge in [-0.05, 0) is 48.0 Å². The molecule has 0 saturated carbocycles. The number of hydrogen-bond donors (Lipinski definition) is 2. The molecule has 0 atom stereocenters. The molecule has 3 rings (SSSR count). The zero-order valence-electron chi connectivity index (χ0n) is 14.8. The van der Waals surface area contributed by atoms with E-state index in [9.17, 15) is 13.2 Å². The Kier molecular flexibility index (Phi) is 5.69. The van der Waals surface area contributed by atoms with E-state index in [-0.39, 0.29) is 10.8 Å². The zero-order chi connectivity index (χ0) is 19.3. The molecule has 5 nitrogen and oxygen atoms in total. The Bertz CT molecular complexity index is 1010. The van der Waals surface area contributed by atoms with Crippen molar-refractivity contribution in [2.75, 3.05) is 7.05 Å². The summed E-state index contributed by atoms with van der Waals surface area (Å²) in [6, 6.07) is 23.8. The fourth-order valence-electron chi connectivity index (χ4n) is 2.63. The molecule has 0 aliphatic carbocycles. The lowest BCUT2D eigenvalue weighted by Gasteiger charge is -2.08. The molecule has 1 amide bonds. The van der Waals surface area contributed by atoms with Crippen LogP contribution in [0.4, 0.5) is 0 Å². The minimum atomic E-state index is -3.45. The highest BCUT2D eigenvalue weighted by Gasteiger charge is 2.11. The summed E-state index contributed by atoms with van der Waals surface area (Å²) in [5.41, 5.74) is 3.54. The smallest absolute Gasteiger partial charge is 0.251 e. The van der Waals surface area contributed by atoms with Gasteiger partial charge in [0.1, 0.15) is 0 Å². The van der Waals surface area contributed by atoms with Crippen LogP contribution in [0.2, 0.25) is 0 Å². The van der Waals surface area contributed by atoms with Crippen molar-refractivity contribution in [3.63, 3.8) is 0 Å². The van der Waals surface area contributed by atoms with Crippen LogP contribution in [0.15, 0.2) is 83.8 Å². The molecule has 0 aliphatic rings. The number of rotatable bonds is 6. The number of hydrogen-bond acceptors (Lipinski definition) is 3. The van der Waals surface area contributed by atoms with Crippen LogP contribution in [0.25, 0.3) is 11.1 Å². The van der Waals surface area contributed by atoms with Crippen molar-refractivity contribution in [3.05, 3.63) is 90.0 Å². The van der Waals surface area contributed by atoms with Crippen LogP contribution in [0.5, 0.6) is 0 Å². The first-order valence-corrected chi connectivity index (χ1v) is 9.94. The van der Waals surface area contributed by atoms with Gasteiger partial charge in [0.15, 0.2) is 0 Å². The highest BCUT2D eigenvalue weighted by atomic mass is 32.2. The van der Waals surface area contributed by atoms with Gasteiger partial charge in [-0.25, -0.2) is 13.1 Å². The fraction of sp³-hybridized carbons (Fsp3) is 0.0952. The van der Waals surface area contributed by atoms with Gasteiger partial charge in [0, 0.05) is 12.1 Å². The Morgan fingerprint density at radius 2 is 1.41 bits per heavy atom. The topological polar surface area (TPSA) is 75.3 Å². The molecule has 2 N–H and O–H groups in total. The second-order valence-corrected chi connectivity index (χ2v) is 7.86. The summed E-state index contributed by atoms with van der Waals surface area (Å²) in [7, 11) is -2.09. The number of benzene rings is 3. The summed E-state index contributed by atoms with van der Waals surface area (Å²) in [5.74, 6) is -0.179. The van der Waals surface area contributed by atoms with Gasteiger partial charge in [-0.2, -0.15) is 0 Å². The van der Waals surface area contributed by atoms with E-state index in [1.807, 2.05) is 42.5 Å². The van der Waals surface area contributed by atoms with E-state index in [1.54, 1.807) is 24.3 Å². The quantitative estimate of drug-likeness (QED) is 0.690. The Morgan fingerprint density at radius 3 is 2.00 bits per heavy atom. The van der Waals surface area contributed by atoms with Crippen molar-refractivity contribution < 1.29 is 13.2 Å². The van der Waals surface area contributed by atoms with E-state index in [4.69, 9.17) is 0 Å². The molecule has 27 heavy (non-hydrogen) atoms. The van der Waals surface area contributed by atoms with Gasteiger partial charge in [0.05, 0.1) is 4.90 Å². The van der Waals surface area contributed by atoms with Crippen LogP contribution in [0.1, 0.15) is 15.9 Å². The van der Waals surface area contributed by atoms with Crippen molar-refractivity contribution >= 4 is 15.9 Å². The van der Waals surface area contributed by atoms with Crippen LogP contribution >= 0.6 is 0 Å². The molecular formula is C21H20N2O3S. The Balaban J connectivity index is 1.62. The van der Waals surface area contributed by atoms with Gasteiger partial charge >= 0.3 is 0 Å². The molecule has 3 aromatic carbocycles. The maximum atomic E-state index is 12.3. The van der Waals surface area contributed by atoms with Gasteiger partial charge in [0.2, 0.25) is 10.0 Å². The molecule has 0 bridgehead atoms. The first-order valence-electron chi connectivity index (χ1n) is 8.46. The third-order valence-corrected chi connectivity index (χ3v) is 5.64. The van der Waals surface area contributed by atoms with Gasteiger partial charge in [-0.1, -0.05) is 54.6 Å². The average Bonchev–Trinajstić information content (AvgIpc) is 2.73. The lowest BCUT2D eigenvalue weighted by atomic mass is 10.0. The van der Waals surface area contributed by atoms with Crippen LogP contribution in [0.3, 0.4) is 0 Å². The van der Waals surface area contributed by atoms with Crippen molar-refractivity contribution in [2.45, 2.75) is 11.4 Å². The molecule has 0 saturated heterocycles. The second kappa shape index (κ2) is 8.16. The molecule has 0 spiro atoms. The molecule has 0 radical (unpaired) electrons. The highest BCUT2D eigenvalue weighted by molar-refractivity contribution is 7.89. The number of nitrogens with one attached hydrogen (secondary N) is 2. The SMILES string of the molecule is CNS(=O)(=O)c1ccc(CNC(=O)c2ccc(-c3ccccc3)cc2)cc1. The van der Waals surface area contributed by atoms with Crippen molar-refractivity contribution in [1.29, 1.82) is 0 Å². The molecular weight excluding hydrogens is 360 g/mol. The van der Waals surface area contributed by atoms with Crippen LogP contribution in [-0.4, -0.2) is 21.4 Å². The second-order valence-electron chi connectivity index (χ2n) is 5.98.